The zero-order valence-corrected chi connectivity index (χ0v) is 20.0. The molecule has 0 bridgehead atoms. The molecule has 1 fully saturated rings. The predicted octanol–water partition coefficient (Wildman–Crippen LogP) is 5.26. The molecule has 0 saturated carbocycles. The van der Waals surface area contributed by atoms with Gasteiger partial charge in [0.2, 0.25) is 0 Å². The lowest BCUT2D eigenvalue weighted by atomic mass is 9.93. The Hall–Kier alpha value is -3.70. The van der Waals surface area contributed by atoms with Gasteiger partial charge < -0.3 is 15.0 Å². The molecule has 1 saturated heterocycles. The number of anilines is 1. The van der Waals surface area contributed by atoms with E-state index >= 15 is 0 Å². The molecule has 0 atom stereocenters. The molecule has 35 heavy (non-hydrogen) atoms. The van der Waals surface area contributed by atoms with Crippen molar-refractivity contribution in [3.8, 4) is 11.1 Å². The molecule has 6 rings (SSSR count). The maximum absolute atomic E-state index is 13.8. The predicted molar refractivity (Wildman–Crippen MR) is 140 cm³/mol. The van der Waals surface area contributed by atoms with E-state index in [1.54, 1.807) is 0 Å². The summed E-state index contributed by atoms with van der Waals surface area (Å²) in [4.78, 5) is 20.5. The smallest absolute Gasteiger partial charge is 0.256 e. The van der Waals surface area contributed by atoms with E-state index in [1.165, 1.54) is 11.1 Å². The summed E-state index contributed by atoms with van der Waals surface area (Å²) in [6, 6.07) is 25.6. The van der Waals surface area contributed by atoms with Gasteiger partial charge in [0.05, 0.1) is 30.0 Å². The van der Waals surface area contributed by atoms with Gasteiger partial charge in [-0.3, -0.25) is 9.78 Å². The van der Waals surface area contributed by atoms with Gasteiger partial charge in [-0.25, -0.2) is 0 Å². The third kappa shape index (κ3) is 4.17. The number of nitrogens with one attached hydrogen (secondary N) is 1. The van der Waals surface area contributed by atoms with Crippen molar-refractivity contribution in [1.82, 2.24) is 9.88 Å². The molecule has 3 aromatic carbocycles. The minimum atomic E-state index is 0.0312. The van der Waals surface area contributed by atoms with Crippen LogP contribution in [0.3, 0.4) is 0 Å². The first-order valence-electron chi connectivity index (χ1n) is 12.4. The standard InChI is InChI=1S/C30H29N3O2/c1-20-28(30(34)33-13-15-35-16-14-33)29(21-7-3-2-4-8-21)26-19-24(11-12-27(26)31-20)32-25-17-22-9-5-6-10-23(22)18-25/h2-12,19,25,32H,13-18H2,1H3. The van der Waals surface area contributed by atoms with Gasteiger partial charge in [-0.2, -0.15) is 0 Å². The highest BCUT2D eigenvalue weighted by atomic mass is 16.5. The lowest BCUT2D eigenvalue weighted by Gasteiger charge is -2.28. The highest BCUT2D eigenvalue weighted by molar-refractivity contribution is 6.10. The topological polar surface area (TPSA) is 54.5 Å². The van der Waals surface area contributed by atoms with Gasteiger partial charge in [-0.05, 0) is 54.7 Å². The summed E-state index contributed by atoms with van der Waals surface area (Å²) >= 11 is 0. The number of pyridine rings is 1. The van der Waals surface area contributed by atoms with Crippen molar-refractivity contribution in [3.63, 3.8) is 0 Å². The molecule has 1 aliphatic heterocycles. The fourth-order valence-electron chi connectivity index (χ4n) is 5.46. The van der Waals surface area contributed by atoms with E-state index in [2.05, 4.69) is 59.9 Å². The number of carbonyl (C=O) groups excluding carboxylic acids is 1. The van der Waals surface area contributed by atoms with Crippen molar-refractivity contribution >= 4 is 22.5 Å². The van der Waals surface area contributed by atoms with Gasteiger partial charge in [0.15, 0.2) is 0 Å². The van der Waals surface area contributed by atoms with Gasteiger partial charge in [-0.15, -0.1) is 0 Å². The molecule has 1 aliphatic carbocycles. The number of rotatable bonds is 4. The van der Waals surface area contributed by atoms with Crippen LogP contribution in [0.5, 0.6) is 0 Å². The highest BCUT2D eigenvalue weighted by Crippen LogP contribution is 2.36. The monoisotopic (exact) mass is 463 g/mol. The molecule has 1 N–H and O–H groups in total. The highest BCUT2D eigenvalue weighted by Gasteiger charge is 2.26. The Kier molecular flexibility index (Phi) is 5.71. The van der Waals surface area contributed by atoms with Crippen LogP contribution in [-0.4, -0.2) is 48.1 Å². The van der Waals surface area contributed by atoms with Crippen LogP contribution >= 0.6 is 0 Å². The normalized spacial score (nSPS) is 15.9. The molecule has 2 heterocycles. The fraction of sp³-hybridized carbons (Fsp3) is 0.267. The molecular formula is C30H29N3O2. The van der Waals surface area contributed by atoms with Crippen molar-refractivity contribution in [2.45, 2.75) is 25.8 Å². The number of carbonyl (C=O) groups is 1. The fourth-order valence-corrected chi connectivity index (χ4v) is 5.46. The molecule has 5 heteroatoms. The Morgan fingerprint density at radius 3 is 2.34 bits per heavy atom. The van der Waals surface area contributed by atoms with E-state index in [4.69, 9.17) is 9.72 Å². The van der Waals surface area contributed by atoms with Crippen molar-refractivity contribution in [3.05, 3.63) is 95.2 Å². The number of nitrogens with zero attached hydrogens (tertiary/aromatic N) is 2. The summed E-state index contributed by atoms with van der Waals surface area (Å²) in [6.45, 7) is 4.30. The number of aryl methyl sites for hydroxylation is 1. The van der Waals surface area contributed by atoms with Gasteiger partial charge in [-0.1, -0.05) is 54.6 Å². The summed E-state index contributed by atoms with van der Waals surface area (Å²) < 4.78 is 5.49. The molecule has 1 amide bonds. The van der Waals surface area contributed by atoms with Crippen LogP contribution in [-0.2, 0) is 17.6 Å². The Bertz CT molecular complexity index is 1370. The second kappa shape index (κ2) is 9.16. The van der Waals surface area contributed by atoms with E-state index in [0.717, 1.165) is 46.3 Å². The third-order valence-corrected chi connectivity index (χ3v) is 7.16. The largest absolute Gasteiger partial charge is 0.382 e. The number of aromatic nitrogens is 1. The maximum atomic E-state index is 13.8. The molecule has 1 aromatic heterocycles. The van der Waals surface area contributed by atoms with Crippen molar-refractivity contribution in [2.75, 3.05) is 31.6 Å². The molecule has 0 unspecified atom stereocenters. The maximum Gasteiger partial charge on any atom is 0.256 e. The van der Waals surface area contributed by atoms with Crippen LogP contribution in [0.2, 0.25) is 0 Å². The van der Waals surface area contributed by atoms with Crippen LogP contribution in [0.4, 0.5) is 5.69 Å². The number of benzene rings is 3. The molecule has 176 valence electrons. The lowest BCUT2D eigenvalue weighted by molar-refractivity contribution is 0.0302. The van der Waals surface area contributed by atoms with Crippen molar-refractivity contribution in [2.24, 2.45) is 0 Å². The van der Waals surface area contributed by atoms with Gasteiger partial charge in [0, 0.05) is 35.8 Å². The van der Waals surface area contributed by atoms with Crippen LogP contribution < -0.4 is 5.32 Å². The minimum absolute atomic E-state index is 0.0312. The summed E-state index contributed by atoms with van der Waals surface area (Å²) in [5, 5.41) is 4.74. The first kappa shape index (κ1) is 21.8. The quantitative estimate of drug-likeness (QED) is 0.448. The Morgan fingerprint density at radius 1 is 0.943 bits per heavy atom. The lowest BCUT2D eigenvalue weighted by Crippen LogP contribution is -2.41. The average Bonchev–Trinajstić information content (AvgIpc) is 3.31. The number of hydrogen-bond acceptors (Lipinski definition) is 4. The van der Waals surface area contributed by atoms with Gasteiger partial charge >= 0.3 is 0 Å². The number of amides is 1. The van der Waals surface area contributed by atoms with Gasteiger partial charge in [0.1, 0.15) is 0 Å². The zero-order valence-electron chi connectivity index (χ0n) is 20.0. The van der Waals surface area contributed by atoms with Crippen molar-refractivity contribution in [1.29, 1.82) is 0 Å². The summed E-state index contributed by atoms with van der Waals surface area (Å²) in [5.74, 6) is 0.0312. The summed E-state index contributed by atoms with van der Waals surface area (Å²) in [6.07, 6.45) is 2.04. The van der Waals surface area contributed by atoms with Crippen LogP contribution in [0.15, 0.2) is 72.8 Å². The molecule has 0 radical (unpaired) electrons. The number of fused-ring (bicyclic) bond motifs is 2. The van der Waals surface area contributed by atoms with Crippen LogP contribution in [0, 0.1) is 6.92 Å². The minimum Gasteiger partial charge on any atom is -0.382 e. The van der Waals surface area contributed by atoms with E-state index in [9.17, 15) is 4.79 Å². The number of morpholine rings is 1. The molecular weight excluding hydrogens is 434 g/mol. The summed E-state index contributed by atoms with van der Waals surface area (Å²) in [5.41, 5.74) is 8.25. The average molecular weight is 464 g/mol. The van der Waals surface area contributed by atoms with E-state index in [1.807, 2.05) is 30.0 Å². The Morgan fingerprint density at radius 2 is 1.63 bits per heavy atom. The van der Waals surface area contributed by atoms with Crippen molar-refractivity contribution < 1.29 is 9.53 Å². The first-order chi connectivity index (χ1) is 17.2. The van der Waals surface area contributed by atoms with Crippen LogP contribution in [0.25, 0.3) is 22.0 Å². The molecule has 2 aliphatic rings. The zero-order chi connectivity index (χ0) is 23.8. The SMILES string of the molecule is Cc1nc2ccc(NC3Cc4ccccc4C3)cc2c(-c2ccccc2)c1C(=O)N1CCOCC1. The second-order valence-corrected chi connectivity index (χ2v) is 9.47. The van der Waals surface area contributed by atoms with E-state index in [0.29, 0.717) is 37.9 Å². The molecule has 0 spiro atoms. The first-order valence-corrected chi connectivity index (χ1v) is 12.4. The summed E-state index contributed by atoms with van der Waals surface area (Å²) in [7, 11) is 0. The Balaban J connectivity index is 1.44. The van der Waals surface area contributed by atoms with E-state index < -0.39 is 0 Å². The second-order valence-electron chi connectivity index (χ2n) is 9.47. The molecule has 5 nitrogen and oxygen atoms in total. The number of ether oxygens (including phenoxy) is 1. The van der Waals surface area contributed by atoms with Crippen LogP contribution in [0.1, 0.15) is 27.2 Å². The van der Waals surface area contributed by atoms with E-state index in [-0.39, 0.29) is 5.91 Å². The third-order valence-electron chi connectivity index (χ3n) is 7.16. The van der Waals surface area contributed by atoms with Gasteiger partial charge in [0.25, 0.3) is 5.91 Å². The number of hydrogen-bond donors (Lipinski definition) is 1. The Labute approximate surface area is 205 Å². The molecule has 4 aromatic rings.